The van der Waals surface area contributed by atoms with Gasteiger partial charge in [0.05, 0.1) is 6.54 Å². The number of aliphatic hydroxyl groups excluding tert-OH is 1. The Morgan fingerprint density at radius 1 is 1.46 bits per heavy atom. The number of rotatable bonds is 4. The average Bonchev–Trinajstić information content (AvgIpc) is 2.14. The van der Waals surface area contributed by atoms with Crippen LogP contribution in [-0.4, -0.2) is 23.3 Å². The van der Waals surface area contributed by atoms with Gasteiger partial charge in [-0.05, 0) is 24.6 Å². The van der Waals surface area contributed by atoms with Gasteiger partial charge in [0.2, 0.25) is 0 Å². The Morgan fingerprint density at radius 2 is 2.23 bits per heavy atom. The maximum atomic E-state index is 9.63. The smallest absolute Gasteiger partial charge is 0.128 e. The molecule has 0 aliphatic heterocycles. The fourth-order valence-electron chi connectivity index (χ4n) is 1.19. The average molecular weight is 182 g/mol. The van der Waals surface area contributed by atoms with Gasteiger partial charge in [0, 0.05) is 0 Å². The lowest BCUT2D eigenvalue weighted by atomic mass is 10.1. The lowest BCUT2D eigenvalue weighted by Gasteiger charge is -2.08. The zero-order valence-corrected chi connectivity index (χ0v) is 7.77. The van der Waals surface area contributed by atoms with Crippen molar-refractivity contribution in [3.63, 3.8) is 0 Å². The third-order valence-electron chi connectivity index (χ3n) is 1.93. The second-order valence-corrected chi connectivity index (χ2v) is 3.04. The standard InChI is InChI=1S/C10H15NO2/c1-2-11-7-10(13)8-4-3-5-9(12)6-8/h3-6,10-13H,2,7H2,1H3/p+1. The van der Waals surface area contributed by atoms with Crippen molar-refractivity contribution in [1.82, 2.24) is 0 Å². The van der Waals surface area contributed by atoms with E-state index in [9.17, 15) is 5.11 Å². The van der Waals surface area contributed by atoms with Crippen LogP contribution in [0.25, 0.3) is 0 Å². The molecule has 3 heteroatoms. The van der Waals surface area contributed by atoms with E-state index in [1.54, 1.807) is 18.2 Å². The number of aliphatic hydroxyl groups is 1. The Balaban J connectivity index is 2.60. The summed E-state index contributed by atoms with van der Waals surface area (Å²) in [6, 6.07) is 6.74. The van der Waals surface area contributed by atoms with E-state index in [1.807, 2.05) is 18.3 Å². The van der Waals surface area contributed by atoms with E-state index < -0.39 is 6.10 Å². The second-order valence-electron chi connectivity index (χ2n) is 3.04. The number of likely N-dealkylation sites (N-methyl/N-ethyl adjacent to an activating group) is 1. The summed E-state index contributed by atoms with van der Waals surface area (Å²) in [7, 11) is 0. The lowest BCUT2D eigenvalue weighted by Crippen LogP contribution is -2.84. The highest BCUT2D eigenvalue weighted by Crippen LogP contribution is 2.16. The summed E-state index contributed by atoms with van der Waals surface area (Å²) in [6.45, 7) is 3.63. The Labute approximate surface area is 78.0 Å². The number of quaternary nitrogens is 1. The molecule has 0 bridgehead atoms. The Kier molecular flexibility index (Phi) is 3.73. The minimum absolute atomic E-state index is 0.202. The summed E-state index contributed by atoms with van der Waals surface area (Å²) in [5, 5.41) is 20.8. The van der Waals surface area contributed by atoms with E-state index in [2.05, 4.69) is 0 Å². The number of nitrogens with two attached hydrogens (primary N) is 1. The zero-order chi connectivity index (χ0) is 9.68. The van der Waals surface area contributed by atoms with E-state index in [-0.39, 0.29) is 5.75 Å². The van der Waals surface area contributed by atoms with Crippen LogP contribution < -0.4 is 5.32 Å². The van der Waals surface area contributed by atoms with Crippen molar-refractivity contribution in [2.45, 2.75) is 13.0 Å². The van der Waals surface area contributed by atoms with Crippen molar-refractivity contribution < 1.29 is 15.5 Å². The Hall–Kier alpha value is -1.06. The maximum Gasteiger partial charge on any atom is 0.128 e. The molecule has 1 unspecified atom stereocenters. The highest BCUT2D eigenvalue weighted by atomic mass is 16.3. The molecule has 13 heavy (non-hydrogen) atoms. The second kappa shape index (κ2) is 4.84. The summed E-state index contributed by atoms with van der Waals surface area (Å²) in [5.41, 5.74) is 0.768. The first-order valence-electron chi connectivity index (χ1n) is 4.52. The quantitative estimate of drug-likeness (QED) is 0.614. The van der Waals surface area contributed by atoms with Crippen LogP contribution in [0.3, 0.4) is 0 Å². The molecule has 0 fully saturated rings. The molecular formula is C10H16NO2+. The third kappa shape index (κ3) is 3.05. The molecule has 0 aliphatic rings. The summed E-state index contributed by atoms with van der Waals surface area (Å²) < 4.78 is 0. The van der Waals surface area contributed by atoms with E-state index in [1.165, 1.54) is 0 Å². The summed E-state index contributed by atoms with van der Waals surface area (Å²) in [6.07, 6.45) is -0.493. The number of hydrogen-bond acceptors (Lipinski definition) is 2. The van der Waals surface area contributed by atoms with Crippen LogP contribution in [0.2, 0.25) is 0 Å². The number of phenols is 1. The molecule has 0 saturated heterocycles. The van der Waals surface area contributed by atoms with Gasteiger partial charge >= 0.3 is 0 Å². The van der Waals surface area contributed by atoms with Gasteiger partial charge < -0.3 is 15.5 Å². The first-order chi connectivity index (χ1) is 6.24. The van der Waals surface area contributed by atoms with Crippen LogP contribution in [0.1, 0.15) is 18.6 Å². The summed E-state index contributed by atoms with van der Waals surface area (Å²) in [4.78, 5) is 0. The van der Waals surface area contributed by atoms with Gasteiger partial charge in [-0.1, -0.05) is 12.1 Å². The fourth-order valence-corrected chi connectivity index (χ4v) is 1.19. The maximum absolute atomic E-state index is 9.63. The SMILES string of the molecule is CC[NH2+]CC(O)c1cccc(O)c1. The van der Waals surface area contributed by atoms with Crippen LogP contribution in [0.5, 0.6) is 5.75 Å². The topological polar surface area (TPSA) is 57.1 Å². The molecule has 1 rings (SSSR count). The van der Waals surface area contributed by atoms with Crippen molar-refractivity contribution >= 4 is 0 Å². The number of hydrogen-bond donors (Lipinski definition) is 3. The number of phenolic OH excluding ortho intramolecular Hbond substituents is 1. The van der Waals surface area contributed by atoms with Crippen molar-refractivity contribution in [2.75, 3.05) is 13.1 Å². The molecule has 4 N–H and O–H groups in total. The Bertz CT molecular complexity index is 263. The molecule has 0 spiro atoms. The fraction of sp³-hybridized carbons (Fsp3) is 0.400. The van der Waals surface area contributed by atoms with Crippen molar-refractivity contribution in [3.8, 4) is 5.75 Å². The molecule has 0 aromatic heterocycles. The molecule has 1 aromatic carbocycles. The molecule has 1 atom stereocenters. The monoisotopic (exact) mass is 182 g/mol. The summed E-state index contributed by atoms with van der Waals surface area (Å²) >= 11 is 0. The van der Waals surface area contributed by atoms with Gasteiger partial charge in [-0.2, -0.15) is 0 Å². The van der Waals surface area contributed by atoms with Crippen LogP contribution in [0, 0.1) is 0 Å². The minimum atomic E-state index is -0.493. The first-order valence-corrected chi connectivity index (χ1v) is 4.52. The highest BCUT2D eigenvalue weighted by molar-refractivity contribution is 5.28. The Morgan fingerprint density at radius 3 is 2.85 bits per heavy atom. The van der Waals surface area contributed by atoms with E-state index in [0.29, 0.717) is 6.54 Å². The molecule has 0 heterocycles. The summed E-state index contributed by atoms with van der Waals surface area (Å²) in [5.74, 6) is 0.202. The van der Waals surface area contributed by atoms with E-state index in [4.69, 9.17) is 5.11 Å². The predicted molar refractivity (Wildman–Crippen MR) is 50.4 cm³/mol. The minimum Gasteiger partial charge on any atom is -0.508 e. The van der Waals surface area contributed by atoms with Gasteiger partial charge in [-0.3, -0.25) is 0 Å². The molecular weight excluding hydrogens is 166 g/mol. The molecule has 0 amide bonds. The molecule has 3 nitrogen and oxygen atoms in total. The van der Waals surface area contributed by atoms with Crippen LogP contribution in [0.15, 0.2) is 24.3 Å². The lowest BCUT2D eigenvalue weighted by molar-refractivity contribution is -0.658. The van der Waals surface area contributed by atoms with Crippen LogP contribution in [0.4, 0.5) is 0 Å². The van der Waals surface area contributed by atoms with Crippen molar-refractivity contribution in [1.29, 1.82) is 0 Å². The predicted octanol–water partition coefficient (Wildman–Crippen LogP) is 0.00890. The molecule has 0 saturated carbocycles. The van der Waals surface area contributed by atoms with Gasteiger partial charge in [-0.25, -0.2) is 0 Å². The van der Waals surface area contributed by atoms with Crippen molar-refractivity contribution in [3.05, 3.63) is 29.8 Å². The molecule has 0 radical (unpaired) electrons. The van der Waals surface area contributed by atoms with Crippen molar-refractivity contribution in [2.24, 2.45) is 0 Å². The molecule has 72 valence electrons. The molecule has 0 aliphatic carbocycles. The van der Waals surface area contributed by atoms with E-state index >= 15 is 0 Å². The van der Waals surface area contributed by atoms with Gasteiger partial charge in [0.1, 0.15) is 18.4 Å². The first kappa shape index (κ1) is 10.0. The van der Waals surface area contributed by atoms with Gasteiger partial charge in [0.25, 0.3) is 0 Å². The van der Waals surface area contributed by atoms with Crippen LogP contribution in [-0.2, 0) is 0 Å². The van der Waals surface area contributed by atoms with Crippen LogP contribution >= 0.6 is 0 Å². The number of aromatic hydroxyl groups is 1. The van der Waals surface area contributed by atoms with E-state index in [0.717, 1.165) is 12.1 Å². The zero-order valence-electron chi connectivity index (χ0n) is 7.77. The largest absolute Gasteiger partial charge is 0.508 e. The number of benzene rings is 1. The normalized spacial score (nSPS) is 12.8. The van der Waals surface area contributed by atoms with Gasteiger partial charge in [0.15, 0.2) is 0 Å². The van der Waals surface area contributed by atoms with Gasteiger partial charge in [-0.15, -0.1) is 0 Å². The molecule has 1 aromatic rings. The highest BCUT2D eigenvalue weighted by Gasteiger charge is 2.08. The third-order valence-corrected chi connectivity index (χ3v) is 1.93.